The molecule has 0 aliphatic rings. The van der Waals surface area contributed by atoms with E-state index in [1.807, 2.05) is 49.6 Å². The number of amides is 1. The molecule has 3 rings (SSSR count). The fraction of sp³-hybridized carbons (Fsp3) is 0.188. The smallest absolute Gasteiger partial charge is 0.267 e. The number of hydrogen-bond acceptors (Lipinski definition) is 4. The highest BCUT2D eigenvalue weighted by Gasteiger charge is 2.10. The van der Waals surface area contributed by atoms with Gasteiger partial charge in [0, 0.05) is 17.1 Å². The van der Waals surface area contributed by atoms with Crippen LogP contribution < -0.4 is 5.32 Å². The van der Waals surface area contributed by atoms with E-state index in [-0.39, 0.29) is 5.91 Å². The molecule has 2 aromatic heterocycles. The van der Waals surface area contributed by atoms with E-state index in [2.05, 4.69) is 14.7 Å². The van der Waals surface area contributed by atoms with Crippen molar-refractivity contribution in [3.63, 3.8) is 0 Å². The van der Waals surface area contributed by atoms with Gasteiger partial charge in [-0.05, 0) is 62.6 Å². The maximum absolute atomic E-state index is 12.1. The summed E-state index contributed by atoms with van der Waals surface area (Å²) in [6, 6.07) is 9.47. The molecule has 0 aliphatic heterocycles. The molecule has 0 unspecified atom stereocenters. The van der Waals surface area contributed by atoms with E-state index in [0.29, 0.717) is 4.88 Å². The SMILES string of the molecule is Cc1cc(C(=O)Nc2ccc(-n3cnc(C)c3C)cc2)sn1. The van der Waals surface area contributed by atoms with Crippen molar-refractivity contribution in [2.75, 3.05) is 5.32 Å². The largest absolute Gasteiger partial charge is 0.321 e. The first-order valence-electron chi connectivity index (χ1n) is 6.90. The second-order valence-electron chi connectivity index (χ2n) is 5.12. The lowest BCUT2D eigenvalue weighted by molar-refractivity contribution is 0.103. The Kier molecular flexibility index (Phi) is 3.77. The highest BCUT2D eigenvalue weighted by molar-refractivity contribution is 7.08. The molecule has 3 aromatic rings. The number of carbonyl (C=O) groups excluding carboxylic acids is 1. The molecule has 0 radical (unpaired) electrons. The number of nitrogens with one attached hydrogen (secondary N) is 1. The fourth-order valence-electron chi connectivity index (χ4n) is 2.13. The standard InChI is InChI=1S/C16H16N4OS/c1-10-8-15(22-19-10)16(21)18-13-4-6-14(7-5-13)20-9-17-11(2)12(20)3/h4-9H,1-3H3,(H,18,21). The molecule has 0 bridgehead atoms. The van der Waals surface area contributed by atoms with Crippen LogP contribution in [0.5, 0.6) is 0 Å². The first kappa shape index (κ1) is 14.5. The second-order valence-corrected chi connectivity index (χ2v) is 5.92. The van der Waals surface area contributed by atoms with Crippen molar-refractivity contribution in [3.8, 4) is 5.69 Å². The molecular formula is C16H16N4OS. The van der Waals surface area contributed by atoms with E-state index in [1.165, 1.54) is 11.5 Å². The van der Waals surface area contributed by atoms with Crippen molar-refractivity contribution in [2.24, 2.45) is 0 Å². The van der Waals surface area contributed by atoms with Gasteiger partial charge in [-0.3, -0.25) is 4.79 Å². The second kappa shape index (κ2) is 5.73. The minimum absolute atomic E-state index is 0.131. The molecule has 1 aromatic carbocycles. The number of aromatic nitrogens is 3. The molecular weight excluding hydrogens is 296 g/mol. The number of rotatable bonds is 3. The van der Waals surface area contributed by atoms with Crippen LogP contribution in [0.15, 0.2) is 36.7 Å². The predicted octanol–water partition coefficient (Wildman–Crippen LogP) is 3.51. The van der Waals surface area contributed by atoms with Crippen LogP contribution >= 0.6 is 11.5 Å². The first-order chi connectivity index (χ1) is 10.5. The Hall–Kier alpha value is -2.47. The van der Waals surface area contributed by atoms with Crippen LogP contribution in [0.2, 0.25) is 0 Å². The number of anilines is 1. The molecule has 0 fully saturated rings. The molecule has 0 atom stereocenters. The molecule has 0 aliphatic carbocycles. The topological polar surface area (TPSA) is 59.8 Å². The highest BCUT2D eigenvalue weighted by Crippen LogP contribution is 2.18. The summed E-state index contributed by atoms with van der Waals surface area (Å²) in [5, 5.41) is 2.88. The van der Waals surface area contributed by atoms with E-state index < -0.39 is 0 Å². The number of aryl methyl sites for hydroxylation is 2. The third kappa shape index (κ3) is 2.78. The lowest BCUT2D eigenvalue weighted by Gasteiger charge is -2.08. The van der Waals surface area contributed by atoms with Gasteiger partial charge >= 0.3 is 0 Å². The van der Waals surface area contributed by atoms with Crippen LogP contribution in [-0.4, -0.2) is 19.8 Å². The van der Waals surface area contributed by atoms with E-state index in [9.17, 15) is 4.79 Å². The van der Waals surface area contributed by atoms with Crippen molar-refractivity contribution < 1.29 is 4.79 Å². The van der Waals surface area contributed by atoms with E-state index in [1.54, 1.807) is 12.4 Å². The molecule has 0 saturated carbocycles. The minimum atomic E-state index is -0.131. The number of imidazole rings is 1. The van der Waals surface area contributed by atoms with Gasteiger partial charge in [-0.1, -0.05) is 0 Å². The average Bonchev–Trinajstić information content (AvgIpc) is 3.08. The lowest BCUT2D eigenvalue weighted by atomic mass is 10.2. The Morgan fingerprint density at radius 1 is 1.18 bits per heavy atom. The van der Waals surface area contributed by atoms with Gasteiger partial charge in [-0.25, -0.2) is 4.98 Å². The zero-order chi connectivity index (χ0) is 15.7. The van der Waals surface area contributed by atoms with Gasteiger partial charge < -0.3 is 9.88 Å². The number of hydrogen-bond donors (Lipinski definition) is 1. The van der Waals surface area contributed by atoms with Crippen LogP contribution in [0.4, 0.5) is 5.69 Å². The number of nitrogens with zero attached hydrogens (tertiary/aromatic N) is 3. The van der Waals surface area contributed by atoms with Gasteiger partial charge in [0.2, 0.25) is 0 Å². The third-order valence-corrected chi connectivity index (χ3v) is 4.39. The van der Waals surface area contributed by atoms with Gasteiger partial charge in [0.05, 0.1) is 17.7 Å². The molecule has 0 saturated heterocycles. The Bertz CT molecular complexity index is 817. The Morgan fingerprint density at radius 2 is 1.91 bits per heavy atom. The normalized spacial score (nSPS) is 10.7. The van der Waals surface area contributed by atoms with E-state index >= 15 is 0 Å². The summed E-state index contributed by atoms with van der Waals surface area (Å²) in [7, 11) is 0. The molecule has 0 spiro atoms. The number of benzene rings is 1. The van der Waals surface area contributed by atoms with Crippen molar-refractivity contribution in [3.05, 3.63) is 58.6 Å². The quantitative estimate of drug-likeness (QED) is 0.805. The molecule has 22 heavy (non-hydrogen) atoms. The summed E-state index contributed by atoms with van der Waals surface area (Å²) in [5.41, 5.74) is 4.75. The summed E-state index contributed by atoms with van der Waals surface area (Å²) in [6.07, 6.45) is 1.80. The van der Waals surface area contributed by atoms with Crippen LogP contribution in [0, 0.1) is 20.8 Å². The van der Waals surface area contributed by atoms with Crippen molar-refractivity contribution >= 4 is 23.1 Å². The molecule has 6 heteroatoms. The summed E-state index contributed by atoms with van der Waals surface area (Å²) in [6.45, 7) is 5.89. The number of carbonyl (C=O) groups is 1. The molecule has 5 nitrogen and oxygen atoms in total. The summed E-state index contributed by atoms with van der Waals surface area (Å²) in [5.74, 6) is -0.131. The average molecular weight is 312 g/mol. The maximum Gasteiger partial charge on any atom is 0.267 e. The minimum Gasteiger partial charge on any atom is -0.321 e. The zero-order valence-corrected chi connectivity index (χ0v) is 13.4. The maximum atomic E-state index is 12.1. The molecule has 1 N–H and O–H groups in total. The van der Waals surface area contributed by atoms with E-state index in [4.69, 9.17) is 0 Å². The van der Waals surface area contributed by atoms with Crippen LogP contribution in [0.25, 0.3) is 5.69 Å². The lowest BCUT2D eigenvalue weighted by Crippen LogP contribution is -2.10. The Labute approximate surface area is 132 Å². The Morgan fingerprint density at radius 3 is 2.45 bits per heavy atom. The van der Waals surface area contributed by atoms with Gasteiger partial charge in [-0.2, -0.15) is 4.37 Å². The molecule has 2 heterocycles. The fourth-order valence-corrected chi connectivity index (χ4v) is 2.78. The zero-order valence-electron chi connectivity index (χ0n) is 12.6. The van der Waals surface area contributed by atoms with Crippen LogP contribution in [-0.2, 0) is 0 Å². The summed E-state index contributed by atoms with van der Waals surface area (Å²) < 4.78 is 6.14. The first-order valence-corrected chi connectivity index (χ1v) is 7.67. The van der Waals surface area contributed by atoms with Crippen molar-refractivity contribution in [2.45, 2.75) is 20.8 Å². The van der Waals surface area contributed by atoms with Gasteiger partial charge in [0.25, 0.3) is 5.91 Å². The molecule has 1 amide bonds. The highest BCUT2D eigenvalue weighted by atomic mass is 32.1. The van der Waals surface area contributed by atoms with Gasteiger partial charge in [0.1, 0.15) is 4.88 Å². The summed E-state index contributed by atoms with van der Waals surface area (Å²) in [4.78, 5) is 17.0. The molecule has 112 valence electrons. The van der Waals surface area contributed by atoms with Crippen molar-refractivity contribution in [1.29, 1.82) is 0 Å². The van der Waals surface area contributed by atoms with Crippen molar-refractivity contribution in [1.82, 2.24) is 13.9 Å². The third-order valence-electron chi connectivity index (χ3n) is 3.51. The van der Waals surface area contributed by atoms with Crippen LogP contribution in [0.1, 0.15) is 26.8 Å². The van der Waals surface area contributed by atoms with Gasteiger partial charge in [-0.15, -0.1) is 0 Å². The van der Waals surface area contributed by atoms with E-state index in [0.717, 1.165) is 28.5 Å². The summed E-state index contributed by atoms with van der Waals surface area (Å²) >= 11 is 1.21. The van der Waals surface area contributed by atoms with Gasteiger partial charge in [0.15, 0.2) is 0 Å². The van der Waals surface area contributed by atoms with Crippen LogP contribution in [0.3, 0.4) is 0 Å². The monoisotopic (exact) mass is 312 g/mol. The Balaban J connectivity index is 1.77. The predicted molar refractivity (Wildman–Crippen MR) is 87.8 cm³/mol.